The minimum atomic E-state index is -0.542. The lowest BCUT2D eigenvalue weighted by Crippen LogP contribution is -2.50. The lowest BCUT2D eigenvalue weighted by atomic mass is 10.0. The summed E-state index contributed by atoms with van der Waals surface area (Å²) in [6.45, 7) is 2.54. The number of benzene rings is 1. The van der Waals surface area contributed by atoms with Gasteiger partial charge in [-0.25, -0.2) is 14.0 Å². The number of halogens is 1. The van der Waals surface area contributed by atoms with Crippen LogP contribution in [0.3, 0.4) is 0 Å². The van der Waals surface area contributed by atoms with Crippen molar-refractivity contribution < 1.29 is 18.7 Å². The third-order valence-corrected chi connectivity index (χ3v) is 3.42. The van der Waals surface area contributed by atoms with Crippen molar-refractivity contribution in [2.24, 2.45) is 0 Å². The predicted molar refractivity (Wildman–Crippen MR) is 76.4 cm³/mol. The van der Waals surface area contributed by atoms with E-state index in [4.69, 9.17) is 4.74 Å². The number of likely N-dealkylation sites (tertiary alicyclic amines) is 1. The zero-order valence-electron chi connectivity index (χ0n) is 12.0. The quantitative estimate of drug-likeness (QED) is 0.872. The van der Waals surface area contributed by atoms with Crippen LogP contribution in [0.4, 0.5) is 14.9 Å². The van der Waals surface area contributed by atoms with Crippen LogP contribution in [-0.2, 0) is 9.53 Å². The Morgan fingerprint density at radius 1 is 1.33 bits per heavy atom. The van der Waals surface area contributed by atoms with Gasteiger partial charge in [-0.1, -0.05) is 0 Å². The van der Waals surface area contributed by atoms with Gasteiger partial charge in [0.05, 0.1) is 6.61 Å². The highest BCUT2D eigenvalue weighted by atomic mass is 19.1. The van der Waals surface area contributed by atoms with Gasteiger partial charge in [0, 0.05) is 12.2 Å². The van der Waals surface area contributed by atoms with Crippen molar-refractivity contribution in [3.05, 3.63) is 30.1 Å². The van der Waals surface area contributed by atoms with Crippen LogP contribution in [0.2, 0.25) is 0 Å². The average Bonchev–Trinajstić information content (AvgIpc) is 2.50. The fraction of sp³-hybridized carbons (Fsp3) is 0.467. The van der Waals surface area contributed by atoms with Gasteiger partial charge in [0.15, 0.2) is 0 Å². The summed E-state index contributed by atoms with van der Waals surface area (Å²) in [5.41, 5.74) is 0.495. The Hall–Kier alpha value is -2.11. The van der Waals surface area contributed by atoms with Crippen LogP contribution in [0.25, 0.3) is 0 Å². The molecule has 1 atom stereocenters. The maximum atomic E-state index is 12.8. The van der Waals surface area contributed by atoms with E-state index in [0.29, 0.717) is 25.3 Å². The predicted octanol–water partition coefficient (Wildman–Crippen LogP) is 2.78. The Labute approximate surface area is 123 Å². The summed E-state index contributed by atoms with van der Waals surface area (Å²) in [6, 6.07) is 4.61. The minimum Gasteiger partial charge on any atom is -0.464 e. The summed E-state index contributed by atoms with van der Waals surface area (Å²) in [5, 5.41) is 2.68. The molecule has 1 unspecified atom stereocenters. The van der Waals surface area contributed by atoms with Crippen LogP contribution < -0.4 is 5.32 Å². The number of carbonyl (C=O) groups is 2. The maximum Gasteiger partial charge on any atom is 0.328 e. The minimum absolute atomic E-state index is 0.294. The van der Waals surface area contributed by atoms with E-state index in [1.54, 1.807) is 6.92 Å². The molecule has 1 aromatic rings. The van der Waals surface area contributed by atoms with Crippen molar-refractivity contribution >= 4 is 17.7 Å². The van der Waals surface area contributed by atoms with E-state index >= 15 is 0 Å². The number of urea groups is 1. The molecule has 0 radical (unpaired) electrons. The summed E-state index contributed by atoms with van der Waals surface area (Å²) < 4.78 is 17.9. The Balaban J connectivity index is 2.04. The lowest BCUT2D eigenvalue weighted by Gasteiger charge is -2.33. The first-order valence-corrected chi connectivity index (χ1v) is 7.11. The molecule has 1 aromatic carbocycles. The van der Waals surface area contributed by atoms with Crippen molar-refractivity contribution in [1.29, 1.82) is 0 Å². The van der Waals surface area contributed by atoms with Crippen molar-refractivity contribution in [3.8, 4) is 0 Å². The van der Waals surface area contributed by atoms with Crippen LogP contribution in [0.5, 0.6) is 0 Å². The lowest BCUT2D eigenvalue weighted by molar-refractivity contribution is -0.149. The largest absolute Gasteiger partial charge is 0.464 e. The molecule has 1 heterocycles. The van der Waals surface area contributed by atoms with E-state index in [-0.39, 0.29) is 17.8 Å². The number of piperidine rings is 1. The van der Waals surface area contributed by atoms with Gasteiger partial charge in [-0.2, -0.15) is 0 Å². The van der Waals surface area contributed by atoms with Gasteiger partial charge >= 0.3 is 12.0 Å². The first-order valence-electron chi connectivity index (χ1n) is 7.11. The molecule has 2 rings (SSSR count). The van der Waals surface area contributed by atoms with Gasteiger partial charge in [0.1, 0.15) is 11.9 Å². The molecule has 1 saturated heterocycles. The fourth-order valence-corrected chi connectivity index (χ4v) is 2.39. The summed E-state index contributed by atoms with van der Waals surface area (Å²) in [4.78, 5) is 25.7. The summed E-state index contributed by atoms with van der Waals surface area (Å²) in [7, 11) is 0. The molecule has 0 bridgehead atoms. The number of amides is 2. The van der Waals surface area contributed by atoms with Crippen molar-refractivity contribution in [2.75, 3.05) is 18.5 Å². The number of hydrogen-bond acceptors (Lipinski definition) is 3. The van der Waals surface area contributed by atoms with Gasteiger partial charge in [0.2, 0.25) is 0 Å². The molecule has 1 aliphatic heterocycles. The summed E-state index contributed by atoms with van der Waals surface area (Å²) in [6.07, 6.45) is 2.35. The molecular weight excluding hydrogens is 275 g/mol. The molecule has 0 spiro atoms. The second kappa shape index (κ2) is 7.06. The van der Waals surface area contributed by atoms with Gasteiger partial charge in [0.25, 0.3) is 0 Å². The highest BCUT2D eigenvalue weighted by Crippen LogP contribution is 2.20. The normalized spacial score (nSPS) is 18.2. The van der Waals surface area contributed by atoms with Gasteiger partial charge in [-0.15, -0.1) is 0 Å². The van der Waals surface area contributed by atoms with Crippen LogP contribution in [0.1, 0.15) is 26.2 Å². The van der Waals surface area contributed by atoms with E-state index in [9.17, 15) is 14.0 Å². The van der Waals surface area contributed by atoms with Crippen LogP contribution in [-0.4, -0.2) is 36.1 Å². The molecule has 1 fully saturated rings. The molecule has 21 heavy (non-hydrogen) atoms. The Kier molecular flexibility index (Phi) is 5.14. The molecule has 6 heteroatoms. The number of carbonyl (C=O) groups excluding carboxylic acids is 2. The van der Waals surface area contributed by atoms with E-state index in [1.165, 1.54) is 29.2 Å². The molecule has 0 aliphatic carbocycles. The van der Waals surface area contributed by atoms with Crippen LogP contribution >= 0.6 is 0 Å². The highest BCUT2D eigenvalue weighted by molar-refractivity contribution is 5.92. The molecule has 0 aromatic heterocycles. The topological polar surface area (TPSA) is 58.6 Å². The molecule has 2 amide bonds. The Morgan fingerprint density at radius 3 is 2.71 bits per heavy atom. The number of anilines is 1. The standard InChI is InChI=1S/C15H19FN2O3/c1-2-21-14(19)13-5-3-4-10-18(13)15(20)17-12-8-6-11(16)7-9-12/h6-9,13H,2-5,10H2,1H3,(H,17,20). The first kappa shape index (κ1) is 15.3. The van der Waals surface area contributed by atoms with Crippen molar-refractivity contribution in [2.45, 2.75) is 32.2 Å². The van der Waals surface area contributed by atoms with Crippen molar-refractivity contribution in [3.63, 3.8) is 0 Å². The van der Waals surface area contributed by atoms with E-state index in [2.05, 4.69) is 5.32 Å². The molecule has 0 saturated carbocycles. The summed E-state index contributed by atoms with van der Waals surface area (Å²) in [5.74, 6) is -0.734. The number of nitrogens with zero attached hydrogens (tertiary/aromatic N) is 1. The van der Waals surface area contributed by atoms with E-state index in [0.717, 1.165) is 12.8 Å². The molecule has 114 valence electrons. The molecule has 1 N–H and O–H groups in total. The van der Waals surface area contributed by atoms with Gasteiger partial charge < -0.3 is 15.0 Å². The third-order valence-electron chi connectivity index (χ3n) is 3.42. The maximum absolute atomic E-state index is 12.8. The second-order valence-corrected chi connectivity index (χ2v) is 4.89. The number of ether oxygens (including phenoxy) is 1. The SMILES string of the molecule is CCOC(=O)C1CCCCN1C(=O)Nc1ccc(F)cc1. The average molecular weight is 294 g/mol. The smallest absolute Gasteiger partial charge is 0.328 e. The molecular formula is C15H19FN2O3. The summed E-state index contributed by atoms with van der Waals surface area (Å²) >= 11 is 0. The second-order valence-electron chi connectivity index (χ2n) is 4.89. The number of rotatable bonds is 3. The highest BCUT2D eigenvalue weighted by Gasteiger charge is 2.33. The Bertz CT molecular complexity index is 504. The van der Waals surface area contributed by atoms with Crippen molar-refractivity contribution in [1.82, 2.24) is 4.90 Å². The first-order chi connectivity index (χ1) is 10.1. The van der Waals surface area contributed by atoms with Crippen LogP contribution in [0, 0.1) is 5.82 Å². The van der Waals surface area contributed by atoms with Gasteiger partial charge in [-0.3, -0.25) is 0 Å². The van der Waals surface area contributed by atoms with Gasteiger partial charge in [-0.05, 0) is 50.5 Å². The number of hydrogen-bond donors (Lipinski definition) is 1. The number of nitrogens with one attached hydrogen (secondary N) is 1. The Morgan fingerprint density at radius 2 is 2.05 bits per heavy atom. The number of esters is 1. The zero-order valence-corrected chi connectivity index (χ0v) is 12.0. The fourth-order valence-electron chi connectivity index (χ4n) is 2.39. The van der Waals surface area contributed by atoms with E-state index < -0.39 is 6.04 Å². The third kappa shape index (κ3) is 3.93. The molecule has 5 nitrogen and oxygen atoms in total. The monoisotopic (exact) mass is 294 g/mol. The molecule has 1 aliphatic rings. The van der Waals surface area contributed by atoms with E-state index in [1.807, 2.05) is 0 Å². The van der Waals surface area contributed by atoms with Crippen LogP contribution in [0.15, 0.2) is 24.3 Å². The zero-order chi connectivity index (χ0) is 15.2.